The van der Waals surface area contributed by atoms with Crippen molar-refractivity contribution in [2.24, 2.45) is 0 Å². The van der Waals surface area contributed by atoms with Crippen LogP contribution in [0.1, 0.15) is 52.4 Å². The summed E-state index contributed by atoms with van der Waals surface area (Å²) in [5.74, 6) is 1.27. The number of rotatable bonds is 8. The molecule has 18 heavy (non-hydrogen) atoms. The molecule has 0 spiro atoms. The van der Waals surface area contributed by atoms with E-state index >= 15 is 0 Å². The minimum Gasteiger partial charge on any atom is -0.312 e. The summed E-state index contributed by atoms with van der Waals surface area (Å²) in [6.07, 6.45) is 10.6. The number of hydrogen-bond donors (Lipinski definition) is 1. The molecule has 0 amide bonds. The van der Waals surface area contributed by atoms with Crippen LogP contribution >= 0.6 is 11.8 Å². The normalized spacial score (nSPS) is 21.2. The van der Waals surface area contributed by atoms with Gasteiger partial charge in [0.2, 0.25) is 0 Å². The van der Waals surface area contributed by atoms with E-state index in [2.05, 4.69) is 37.4 Å². The monoisotopic (exact) mass is 272 g/mol. The van der Waals surface area contributed by atoms with E-state index in [0.29, 0.717) is 12.1 Å². The van der Waals surface area contributed by atoms with Gasteiger partial charge in [-0.15, -0.1) is 0 Å². The lowest BCUT2D eigenvalue weighted by Gasteiger charge is -2.33. The molecule has 0 saturated heterocycles. The minimum atomic E-state index is 0.642. The molecule has 3 heteroatoms. The largest absolute Gasteiger partial charge is 0.312 e. The fraction of sp³-hybridized carbons (Fsp3) is 1.00. The lowest BCUT2D eigenvalue weighted by molar-refractivity contribution is 0.182. The molecular formula is C15H32N2S. The molecule has 0 aromatic rings. The Balaban J connectivity index is 2.19. The number of thioether (sulfide) groups is 1. The summed E-state index contributed by atoms with van der Waals surface area (Å²) in [5, 5.41) is 3.77. The van der Waals surface area contributed by atoms with Crippen molar-refractivity contribution in [2.45, 2.75) is 70.5 Å². The Kier molecular flexibility index (Phi) is 8.36. The van der Waals surface area contributed by atoms with Crippen molar-refractivity contribution in [3.05, 3.63) is 0 Å². The Morgan fingerprint density at radius 1 is 1.17 bits per heavy atom. The second kappa shape index (κ2) is 9.22. The van der Waals surface area contributed by atoms with Crippen LogP contribution in [0.25, 0.3) is 0 Å². The minimum absolute atomic E-state index is 0.642. The first-order valence-electron chi connectivity index (χ1n) is 7.59. The molecule has 2 atom stereocenters. The van der Waals surface area contributed by atoms with Gasteiger partial charge in [-0.05, 0) is 52.2 Å². The van der Waals surface area contributed by atoms with Gasteiger partial charge >= 0.3 is 0 Å². The van der Waals surface area contributed by atoms with E-state index in [-0.39, 0.29) is 0 Å². The molecule has 0 aromatic heterocycles. The molecule has 2 nitrogen and oxygen atoms in total. The van der Waals surface area contributed by atoms with E-state index in [0.717, 1.165) is 12.6 Å². The van der Waals surface area contributed by atoms with Crippen molar-refractivity contribution in [1.29, 1.82) is 0 Å². The number of nitrogens with one attached hydrogen (secondary N) is 1. The third-order valence-electron chi connectivity index (χ3n) is 4.44. The summed E-state index contributed by atoms with van der Waals surface area (Å²) in [7, 11) is 2.28. The van der Waals surface area contributed by atoms with Crippen molar-refractivity contribution in [2.75, 3.05) is 25.6 Å². The van der Waals surface area contributed by atoms with E-state index in [1.54, 1.807) is 0 Å². The van der Waals surface area contributed by atoms with Gasteiger partial charge < -0.3 is 5.32 Å². The second-order valence-electron chi connectivity index (χ2n) is 5.89. The predicted octanol–water partition coefficient (Wildman–Crippen LogP) is 3.37. The Bertz CT molecular complexity index is 205. The van der Waals surface area contributed by atoms with Crippen molar-refractivity contribution in [3.63, 3.8) is 0 Å². The third kappa shape index (κ3) is 5.94. The number of nitrogens with zero attached hydrogens (tertiary/aromatic N) is 1. The summed E-state index contributed by atoms with van der Waals surface area (Å²) < 4.78 is 0. The van der Waals surface area contributed by atoms with Crippen LogP contribution in [0.4, 0.5) is 0 Å². The maximum absolute atomic E-state index is 3.77. The van der Waals surface area contributed by atoms with Gasteiger partial charge in [0.15, 0.2) is 0 Å². The standard InChI is InChI=1S/C15H32N2S/c1-13(10-11-18-4)17(3)14(2)12-16-15-8-6-5-7-9-15/h13-16H,5-12H2,1-4H3. The van der Waals surface area contributed by atoms with Crippen LogP contribution < -0.4 is 5.32 Å². The van der Waals surface area contributed by atoms with Crippen LogP contribution in [0.15, 0.2) is 0 Å². The van der Waals surface area contributed by atoms with E-state index in [1.165, 1.54) is 44.3 Å². The van der Waals surface area contributed by atoms with Gasteiger partial charge in [-0.2, -0.15) is 11.8 Å². The first-order valence-corrected chi connectivity index (χ1v) is 8.98. The smallest absolute Gasteiger partial charge is 0.0192 e. The Labute approximate surface area is 118 Å². The first kappa shape index (κ1) is 16.3. The highest BCUT2D eigenvalue weighted by Crippen LogP contribution is 2.17. The van der Waals surface area contributed by atoms with Crippen LogP contribution in [-0.4, -0.2) is 48.6 Å². The van der Waals surface area contributed by atoms with Gasteiger partial charge in [0.1, 0.15) is 0 Å². The summed E-state index contributed by atoms with van der Waals surface area (Å²) in [6.45, 7) is 5.85. The molecule has 0 aliphatic heterocycles. The van der Waals surface area contributed by atoms with Crippen molar-refractivity contribution >= 4 is 11.8 Å². The summed E-state index contributed by atoms with van der Waals surface area (Å²) in [6, 6.07) is 2.13. The SMILES string of the molecule is CSCCC(C)N(C)C(C)CNC1CCCCC1. The highest BCUT2D eigenvalue weighted by Gasteiger charge is 2.18. The predicted molar refractivity (Wildman–Crippen MR) is 84.6 cm³/mol. The van der Waals surface area contributed by atoms with Gasteiger partial charge in [0.05, 0.1) is 0 Å². The quantitative estimate of drug-likeness (QED) is 0.729. The van der Waals surface area contributed by atoms with Gasteiger partial charge in [-0.1, -0.05) is 19.3 Å². The highest BCUT2D eigenvalue weighted by molar-refractivity contribution is 7.98. The van der Waals surface area contributed by atoms with E-state index < -0.39 is 0 Å². The molecule has 1 fully saturated rings. The highest BCUT2D eigenvalue weighted by atomic mass is 32.2. The average Bonchev–Trinajstić information content (AvgIpc) is 2.42. The topological polar surface area (TPSA) is 15.3 Å². The molecular weight excluding hydrogens is 240 g/mol. The summed E-state index contributed by atoms with van der Waals surface area (Å²) in [5.41, 5.74) is 0. The van der Waals surface area contributed by atoms with Crippen molar-refractivity contribution < 1.29 is 0 Å². The van der Waals surface area contributed by atoms with E-state index in [1.807, 2.05) is 11.8 Å². The van der Waals surface area contributed by atoms with E-state index in [9.17, 15) is 0 Å². The molecule has 108 valence electrons. The third-order valence-corrected chi connectivity index (χ3v) is 5.08. The molecule has 1 saturated carbocycles. The molecule has 0 aromatic carbocycles. The van der Waals surface area contributed by atoms with Crippen LogP contribution in [0, 0.1) is 0 Å². The fourth-order valence-corrected chi connectivity index (χ4v) is 3.29. The van der Waals surface area contributed by atoms with Crippen LogP contribution in [0.5, 0.6) is 0 Å². The molecule has 2 unspecified atom stereocenters. The molecule has 0 bridgehead atoms. The van der Waals surface area contributed by atoms with Gasteiger partial charge in [0, 0.05) is 24.7 Å². The Morgan fingerprint density at radius 2 is 1.83 bits per heavy atom. The molecule has 1 aliphatic rings. The van der Waals surface area contributed by atoms with Gasteiger partial charge in [-0.3, -0.25) is 4.90 Å². The Morgan fingerprint density at radius 3 is 2.44 bits per heavy atom. The zero-order chi connectivity index (χ0) is 13.4. The molecule has 1 rings (SSSR count). The lowest BCUT2D eigenvalue weighted by Crippen LogP contribution is -2.45. The Hall–Kier alpha value is 0.270. The van der Waals surface area contributed by atoms with E-state index in [4.69, 9.17) is 0 Å². The second-order valence-corrected chi connectivity index (χ2v) is 6.87. The average molecular weight is 273 g/mol. The zero-order valence-corrected chi connectivity index (χ0v) is 13.6. The van der Waals surface area contributed by atoms with Crippen LogP contribution in [0.2, 0.25) is 0 Å². The molecule has 1 N–H and O–H groups in total. The number of likely N-dealkylation sites (N-methyl/N-ethyl adjacent to an activating group) is 1. The number of hydrogen-bond acceptors (Lipinski definition) is 3. The fourth-order valence-electron chi connectivity index (χ4n) is 2.71. The summed E-state index contributed by atoms with van der Waals surface area (Å²) in [4.78, 5) is 2.53. The molecule has 0 heterocycles. The van der Waals surface area contributed by atoms with Gasteiger partial charge in [-0.25, -0.2) is 0 Å². The van der Waals surface area contributed by atoms with Crippen molar-refractivity contribution in [3.8, 4) is 0 Å². The zero-order valence-electron chi connectivity index (χ0n) is 12.7. The van der Waals surface area contributed by atoms with Crippen LogP contribution in [0.3, 0.4) is 0 Å². The summed E-state index contributed by atoms with van der Waals surface area (Å²) >= 11 is 1.95. The maximum atomic E-state index is 3.77. The van der Waals surface area contributed by atoms with Crippen molar-refractivity contribution in [1.82, 2.24) is 10.2 Å². The maximum Gasteiger partial charge on any atom is 0.0192 e. The van der Waals surface area contributed by atoms with Gasteiger partial charge in [0.25, 0.3) is 0 Å². The first-order chi connectivity index (χ1) is 8.65. The van der Waals surface area contributed by atoms with Crippen LogP contribution in [-0.2, 0) is 0 Å². The molecule has 1 aliphatic carbocycles. The molecule has 0 radical (unpaired) electrons. The lowest BCUT2D eigenvalue weighted by atomic mass is 9.95.